The van der Waals surface area contributed by atoms with Gasteiger partial charge in [-0.15, -0.1) is 0 Å². The Kier molecular flexibility index (Phi) is 7.58. The van der Waals surface area contributed by atoms with Crippen LogP contribution in [0.2, 0.25) is 5.02 Å². The lowest BCUT2D eigenvalue weighted by molar-refractivity contribution is 0.0600. The number of aliphatic hydroxyl groups is 1. The van der Waals surface area contributed by atoms with E-state index in [2.05, 4.69) is 9.46 Å². The molecule has 3 aromatic rings. The Balaban J connectivity index is 1.76. The van der Waals surface area contributed by atoms with Gasteiger partial charge in [0.05, 0.1) is 30.5 Å². The van der Waals surface area contributed by atoms with Gasteiger partial charge in [-0.1, -0.05) is 29.8 Å². The predicted octanol–water partition coefficient (Wildman–Crippen LogP) is 4.31. The van der Waals surface area contributed by atoms with Crippen molar-refractivity contribution in [2.24, 2.45) is 5.92 Å². The van der Waals surface area contributed by atoms with E-state index in [0.717, 1.165) is 19.2 Å². The first-order valence-electron chi connectivity index (χ1n) is 11.0. The van der Waals surface area contributed by atoms with Crippen molar-refractivity contribution < 1.29 is 36.6 Å². The summed E-state index contributed by atoms with van der Waals surface area (Å²) in [5.41, 5.74) is 0.356. The fourth-order valence-electron chi connectivity index (χ4n) is 4.09. The summed E-state index contributed by atoms with van der Waals surface area (Å²) in [4.78, 5) is 13.4. The molecule has 1 heterocycles. The maximum Gasteiger partial charge on any atom is 0.337 e. The zero-order valence-corrected chi connectivity index (χ0v) is 21.4. The molecule has 0 aliphatic carbocycles. The molecule has 0 radical (unpaired) electrons. The van der Waals surface area contributed by atoms with Gasteiger partial charge in [-0.05, 0) is 24.3 Å². The van der Waals surface area contributed by atoms with Crippen LogP contribution >= 0.6 is 11.6 Å². The molecule has 1 aliphatic heterocycles. The van der Waals surface area contributed by atoms with Crippen molar-refractivity contribution in [3.8, 4) is 16.9 Å². The third-order valence-electron chi connectivity index (χ3n) is 5.98. The summed E-state index contributed by atoms with van der Waals surface area (Å²) in [7, 11) is -2.28. The molecule has 0 spiro atoms. The lowest BCUT2D eigenvalue weighted by Gasteiger charge is -2.41. The van der Waals surface area contributed by atoms with Crippen LogP contribution in [-0.4, -0.2) is 53.4 Å². The van der Waals surface area contributed by atoms with E-state index >= 15 is 0 Å². The Hall–Kier alpha value is -3.41. The number of carbonyl (C=O) groups is 1. The van der Waals surface area contributed by atoms with Crippen LogP contribution in [0.4, 0.5) is 20.2 Å². The number of methoxy groups -OCH3 is 2. The van der Waals surface area contributed by atoms with Gasteiger partial charge in [0.25, 0.3) is 10.0 Å². The zero-order valence-electron chi connectivity index (χ0n) is 19.8. The fraction of sp³-hybridized carbons (Fsp3) is 0.240. The first-order chi connectivity index (χ1) is 17.6. The van der Waals surface area contributed by atoms with E-state index in [1.54, 1.807) is 24.3 Å². The summed E-state index contributed by atoms with van der Waals surface area (Å²) in [5, 5.41) is 9.15. The van der Waals surface area contributed by atoms with E-state index in [9.17, 15) is 27.1 Å². The maximum absolute atomic E-state index is 15.0. The SMILES string of the molecule is COC(=O)c1cc(Cl)c(OC)c(S(=O)(=O)Nc2cc(-c3ccccc3N3CC(CO)C3)c(F)cc2F)c1. The molecular formula is C25H23ClF2N2O6S. The van der Waals surface area contributed by atoms with Crippen molar-refractivity contribution >= 4 is 39.0 Å². The van der Waals surface area contributed by atoms with Crippen molar-refractivity contribution in [3.63, 3.8) is 0 Å². The third-order valence-corrected chi connectivity index (χ3v) is 7.63. The maximum atomic E-state index is 15.0. The second-order valence-corrected chi connectivity index (χ2v) is 10.4. The number of carbonyl (C=O) groups excluding carboxylic acids is 1. The third kappa shape index (κ3) is 5.20. The van der Waals surface area contributed by atoms with Crippen molar-refractivity contribution in [2.75, 3.05) is 43.5 Å². The Bertz CT molecular complexity index is 1460. The number of benzene rings is 3. The molecule has 2 N–H and O–H groups in total. The van der Waals surface area contributed by atoms with Crippen LogP contribution in [0.5, 0.6) is 5.75 Å². The van der Waals surface area contributed by atoms with E-state index in [4.69, 9.17) is 16.3 Å². The first-order valence-corrected chi connectivity index (χ1v) is 12.9. The van der Waals surface area contributed by atoms with E-state index in [0.29, 0.717) is 30.4 Å². The average molecular weight is 553 g/mol. The van der Waals surface area contributed by atoms with Gasteiger partial charge in [-0.2, -0.15) is 0 Å². The number of halogens is 3. The van der Waals surface area contributed by atoms with Crippen molar-refractivity contribution in [1.82, 2.24) is 0 Å². The summed E-state index contributed by atoms with van der Waals surface area (Å²) in [5.74, 6) is -3.06. The van der Waals surface area contributed by atoms with E-state index in [-0.39, 0.29) is 34.4 Å². The molecule has 0 amide bonds. The summed E-state index contributed by atoms with van der Waals surface area (Å²) in [6.45, 7) is 1.15. The molecule has 3 aromatic carbocycles. The number of hydrogen-bond donors (Lipinski definition) is 2. The van der Waals surface area contributed by atoms with E-state index in [1.807, 2.05) is 4.90 Å². The summed E-state index contributed by atoms with van der Waals surface area (Å²) >= 11 is 6.12. The van der Waals surface area contributed by atoms with Crippen LogP contribution in [0, 0.1) is 17.6 Å². The van der Waals surface area contributed by atoms with Gasteiger partial charge in [0.1, 0.15) is 16.5 Å². The van der Waals surface area contributed by atoms with Crippen LogP contribution < -0.4 is 14.4 Å². The number of esters is 1. The second kappa shape index (κ2) is 10.5. The van der Waals surface area contributed by atoms with Gasteiger partial charge in [0, 0.05) is 48.5 Å². The second-order valence-electron chi connectivity index (χ2n) is 8.37. The minimum Gasteiger partial charge on any atom is -0.494 e. The highest BCUT2D eigenvalue weighted by molar-refractivity contribution is 7.92. The van der Waals surface area contributed by atoms with Gasteiger partial charge in [0.15, 0.2) is 5.75 Å². The van der Waals surface area contributed by atoms with Gasteiger partial charge in [-0.3, -0.25) is 4.72 Å². The van der Waals surface area contributed by atoms with Crippen molar-refractivity contribution in [2.45, 2.75) is 4.90 Å². The monoisotopic (exact) mass is 552 g/mol. The van der Waals surface area contributed by atoms with Crippen LogP contribution in [0.15, 0.2) is 53.4 Å². The lowest BCUT2D eigenvalue weighted by Crippen LogP contribution is -2.48. The zero-order chi connectivity index (χ0) is 26.9. The first kappa shape index (κ1) is 26.6. The molecule has 0 atom stereocenters. The number of hydrogen-bond acceptors (Lipinski definition) is 7. The van der Waals surface area contributed by atoms with Gasteiger partial charge in [0.2, 0.25) is 0 Å². The molecule has 0 aromatic heterocycles. The topological polar surface area (TPSA) is 105 Å². The molecule has 4 rings (SSSR count). The quantitative estimate of drug-likeness (QED) is 0.401. The number of aliphatic hydroxyl groups excluding tert-OH is 1. The molecule has 8 nitrogen and oxygen atoms in total. The molecule has 1 saturated heterocycles. The number of sulfonamides is 1. The molecule has 37 heavy (non-hydrogen) atoms. The van der Waals surface area contributed by atoms with Gasteiger partial charge in [-0.25, -0.2) is 22.0 Å². The number of rotatable bonds is 8. The fourth-order valence-corrected chi connectivity index (χ4v) is 5.72. The molecule has 0 unspecified atom stereocenters. The average Bonchev–Trinajstić information content (AvgIpc) is 2.84. The summed E-state index contributed by atoms with van der Waals surface area (Å²) in [6, 6.07) is 10.7. The largest absolute Gasteiger partial charge is 0.494 e. The lowest BCUT2D eigenvalue weighted by atomic mass is 9.96. The molecule has 1 fully saturated rings. The Morgan fingerprint density at radius 2 is 1.81 bits per heavy atom. The standard InChI is InChI=1S/C25H23ClF2N2O6S/c1-35-24-18(26)7-15(25(32)36-2)8-23(24)37(33,34)29-21-9-17(19(27)10-20(21)28)16-5-3-4-6-22(16)30-11-14(12-30)13-31/h3-10,14,29,31H,11-13H2,1-2H3. The number of anilines is 2. The Labute approximate surface area is 217 Å². The van der Waals surface area contributed by atoms with E-state index in [1.165, 1.54) is 13.2 Å². The molecule has 196 valence electrons. The van der Waals surface area contributed by atoms with Crippen LogP contribution in [0.3, 0.4) is 0 Å². The Morgan fingerprint density at radius 3 is 2.46 bits per heavy atom. The molecule has 1 aliphatic rings. The number of nitrogens with one attached hydrogen (secondary N) is 1. The smallest absolute Gasteiger partial charge is 0.337 e. The highest BCUT2D eigenvalue weighted by atomic mass is 35.5. The van der Waals surface area contributed by atoms with Crippen molar-refractivity contribution in [3.05, 3.63) is 70.8 Å². The normalized spacial score (nSPS) is 13.7. The molecular weight excluding hydrogens is 530 g/mol. The minimum atomic E-state index is -4.58. The van der Waals surface area contributed by atoms with Crippen LogP contribution in [-0.2, 0) is 14.8 Å². The highest BCUT2D eigenvalue weighted by Crippen LogP contribution is 2.39. The van der Waals surface area contributed by atoms with Crippen LogP contribution in [0.1, 0.15) is 10.4 Å². The Morgan fingerprint density at radius 1 is 1.11 bits per heavy atom. The molecule has 12 heteroatoms. The molecule has 0 saturated carbocycles. The van der Waals surface area contributed by atoms with Gasteiger partial charge >= 0.3 is 5.97 Å². The van der Waals surface area contributed by atoms with E-state index < -0.39 is 38.2 Å². The van der Waals surface area contributed by atoms with Crippen LogP contribution in [0.25, 0.3) is 11.1 Å². The predicted molar refractivity (Wildman–Crippen MR) is 135 cm³/mol. The summed E-state index contributed by atoms with van der Waals surface area (Å²) < 4.78 is 68.2. The minimum absolute atomic E-state index is 0.0279. The number of para-hydroxylation sites is 1. The summed E-state index contributed by atoms with van der Waals surface area (Å²) in [6.07, 6.45) is 0. The number of nitrogens with zero attached hydrogens (tertiary/aromatic N) is 1. The van der Waals surface area contributed by atoms with Crippen molar-refractivity contribution in [1.29, 1.82) is 0 Å². The number of ether oxygens (including phenoxy) is 2. The highest BCUT2D eigenvalue weighted by Gasteiger charge is 2.30. The molecule has 0 bridgehead atoms. The van der Waals surface area contributed by atoms with Gasteiger partial charge < -0.3 is 19.5 Å².